The molecule has 2 atom stereocenters. The van der Waals surface area contributed by atoms with E-state index < -0.39 is 0 Å². The molecule has 0 aromatic heterocycles. The van der Waals surface area contributed by atoms with Crippen LogP contribution in [0.2, 0.25) is 0 Å². The van der Waals surface area contributed by atoms with Crippen molar-refractivity contribution in [2.75, 3.05) is 18.0 Å². The summed E-state index contributed by atoms with van der Waals surface area (Å²) < 4.78 is 0. The van der Waals surface area contributed by atoms with Gasteiger partial charge in [-0.3, -0.25) is 4.79 Å². The van der Waals surface area contributed by atoms with Gasteiger partial charge in [-0.2, -0.15) is 0 Å². The molecule has 0 radical (unpaired) electrons. The summed E-state index contributed by atoms with van der Waals surface area (Å²) in [7, 11) is 0. The fourth-order valence-electron chi connectivity index (χ4n) is 3.70. The second-order valence-corrected chi connectivity index (χ2v) is 6.35. The first-order chi connectivity index (χ1) is 9.03. The lowest BCUT2D eigenvalue weighted by atomic mass is 9.75. The van der Waals surface area contributed by atoms with Gasteiger partial charge in [-0.25, -0.2) is 0 Å². The van der Waals surface area contributed by atoms with Crippen LogP contribution >= 0.6 is 0 Å². The van der Waals surface area contributed by atoms with Crippen molar-refractivity contribution in [2.45, 2.75) is 33.2 Å². The summed E-state index contributed by atoms with van der Waals surface area (Å²) in [6, 6.07) is 8.50. The van der Waals surface area contributed by atoms with E-state index in [-0.39, 0.29) is 11.3 Å². The van der Waals surface area contributed by atoms with Crippen molar-refractivity contribution in [1.29, 1.82) is 0 Å². The van der Waals surface area contributed by atoms with Crippen LogP contribution in [0.4, 0.5) is 5.69 Å². The average molecular weight is 258 g/mol. The molecule has 3 nitrogen and oxygen atoms in total. The van der Waals surface area contributed by atoms with Crippen molar-refractivity contribution >= 4 is 11.6 Å². The van der Waals surface area contributed by atoms with E-state index >= 15 is 0 Å². The lowest BCUT2D eigenvalue weighted by Crippen LogP contribution is -2.47. The molecular weight excluding hydrogens is 236 g/mol. The van der Waals surface area contributed by atoms with Gasteiger partial charge in [-0.05, 0) is 37.4 Å². The Labute approximate surface area is 115 Å². The topological polar surface area (TPSA) is 32.3 Å². The number of fused-ring (bicyclic) bond motifs is 1. The number of carbonyl (C=O) groups is 1. The number of hydrogen-bond acceptors (Lipinski definition) is 2. The van der Waals surface area contributed by atoms with Gasteiger partial charge in [-0.15, -0.1) is 0 Å². The first-order valence-corrected chi connectivity index (χ1v) is 7.13. The lowest BCUT2D eigenvalue weighted by Gasteiger charge is -2.34. The van der Waals surface area contributed by atoms with Crippen LogP contribution in [0.25, 0.3) is 0 Å². The van der Waals surface area contributed by atoms with Crippen LogP contribution in [0.5, 0.6) is 0 Å². The minimum atomic E-state index is -0.241. The number of para-hydroxylation sites is 1. The third-order valence-corrected chi connectivity index (χ3v) is 4.85. The smallest absolute Gasteiger partial charge is 0.233 e. The Kier molecular flexibility index (Phi) is 2.90. The highest BCUT2D eigenvalue weighted by Crippen LogP contribution is 2.46. The molecule has 1 aromatic rings. The average Bonchev–Trinajstić information content (AvgIpc) is 2.60. The molecule has 2 aliphatic heterocycles. The van der Waals surface area contributed by atoms with E-state index in [1.165, 1.54) is 5.56 Å². The molecule has 1 N–H and O–H groups in total. The van der Waals surface area contributed by atoms with Gasteiger partial charge in [0.2, 0.25) is 5.91 Å². The first-order valence-electron chi connectivity index (χ1n) is 7.13. The van der Waals surface area contributed by atoms with Gasteiger partial charge in [0.25, 0.3) is 0 Å². The van der Waals surface area contributed by atoms with E-state index in [9.17, 15) is 4.79 Å². The van der Waals surface area contributed by atoms with Crippen LogP contribution in [-0.2, 0) is 4.79 Å². The van der Waals surface area contributed by atoms with E-state index in [1.54, 1.807) is 0 Å². The minimum absolute atomic E-state index is 0.241. The van der Waals surface area contributed by atoms with Crippen LogP contribution in [0.3, 0.4) is 0 Å². The number of benzene rings is 1. The molecule has 2 unspecified atom stereocenters. The Morgan fingerprint density at radius 1 is 1.32 bits per heavy atom. The molecule has 0 saturated carbocycles. The van der Waals surface area contributed by atoms with Gasteiger partial charge in [-0.1, -0.05) is 32.0 Å². The van der Waals surface area contributed by atoms with Gasteiger partial charge in [0.15, 0.2) is 0 Å². The molecule has 0 bridgehead atoms. The van der Waals surface area contributed by atoms with Crippen molar-refractivity contribution in [3.05, 3.63) is 29.8 Å². The van der Waals surface area contributed by atoms with E-state index in [0.717, 1.165) is 25.2 Å². The molecule has 0 aliphatic carbocycles. The maximum atomic E-state index is 12.8. The molecule has 1 amide bonds. The molecule has 19 heavy (non-hydrogen) atoms. The molecule has 2 heterocycles. The fourth-order valence-corrected chi connectivity index (χ4v) is 3.70. The summed E-state index contributed by atoms with van der Waals surface area (Å²) >= 11 is 0. The van der Waals surface area contributed by atoms with Crippen LogP contribution in [0.1, 0.15) is 25.8 Å². The highest BCUT2D eigenvalue weighted by atomic mass is 16.2. The number of anilines is 1. The summed E-state index contributed by atoms with van der Waals surface area (Å²) in [5.41, 5.74) is 2.02. The number of hydrogen-bond donors (Lipinski definition) is 1. The van der Waals surface area contributed by atoms with Crippen molar-refractivity contribution in [3.8, 4) is 0 Å². The summed E-state index contributed by atoms with van der Waals surface area (Å²) in [5.74, 6) is 0.737. The highest BCUT2D eigenvalue weighted by molar-refractivity contribution is 6.01. The monoisotopic (exact) mass is 258 g/mol. The zero-order chi connectivity index (χ0) is 13.6. The molecule has 0 spiro atoms. The van der Waals surface area contributed by atoms with E-state index in [1.807, 2.05) is 17.0 Å². The molecule has 3 rings (SSSR count). The lowest BCUT2D eigenvalue weighted by molar-refractivity contribution is -0.125. The maximum Gasteiger partial charge on any atom is 0.233 e. The Morgan fingerprint density at radius 2 is 2.05 bits per heavy atom. The molecule has 2 fully saturated rings. The largest absolute Gasteiger partial charge is 0.315 e. The standard InChI is InChI=1S/C16H22N2O/c1-11-6-4-5-7-13(11)18-14-10-17-9-8-12(14)16(2,3)15(18)19/h4-7,12,14,17H,8-10H2,1-3H3. The normalized spacial score (nSPS) is 29.4. The first kappa shape index (κ1) is 12.7. The quantitative estimate of drug-likeness (QED) is 0.838. The Morgan fingerprint density at radius 3 is 2.79 bits per heavy atom. The Bertz CT molecular complexity index is 509. The predicted octanol–water partition coefficient (Wildman–Crippen LogP) is 2.35. The van der Waals surface area contributed by atoms with Crippen molar-refractivity contribution in [3.63, 3.8) is 0 Å². The van der Waals surface area contributed by atoms with Gasteiger partial charge >= 0.3 is 0 Å². The van der Waals surface area contributed by atoms with E-state index in [0.29, 0.717) is 12.0 Å². The summed E-state index contributed by atoms with van der Waals surface area (Å²) in [6.07, 6.45) is 1.09. The number of piperidine rings is 1. The SMILES string of the molecule is Cc1ccccc1N1C(=O)C(C)(C)C2CCNCC21. The second-order valence-electron chi connectivity index (χ2n) is 6.35. The molecule has 2 saturated heterocycles. The zero-order valence-electron chi connectivity index (χ0n) is 11.9. The molecule has 1 aromatic carbocycles. The van der Waals surface area contributed by atoms with Crippen LogP contribution in [0, 0.1) is 18.3 Å². The number of aryl methyl sites for hydroxylation is 1. The van der Waals surface area contributed by atoms with Crippen molar-refractivity contribution < 1.29 is 4.79 Å². The third-order valence-electron chi connectivity index (χ3n) is 4.85. The summed E-state index contributed by atoms with van der Waals surface area (Å²) in [6.45, 7) is 8.24. The highest BCUT2D eigenvalue weighted by Gasteiger charge is 2.54. The maximum absolute atomic E-state index is 12.8. The number of nitrogens with zero attached hydrogens (tertiary/aromatic N) is 1. The van der Waals surface area contributed by atoms with Gasteiger partial charge in [0.1, 0.15) is 0 Å². The second kappa shape index (κ2) is 4.34. The minimum Gasteiger partial charge on any atom is -0.315 e. The predicted molar refractivity (Wildman–Crippen MR) is 77.2 cm³/mol. The molecule has 2 aliphatic rings. The summed E-state index contributed by atoms with van der Waals surface area (Å²) in [5, 5.41) is 3.44. The number of rotatable bonds is 1. The summed E-state index contributed by atoms with van der Waals surface area (Å²) in [4.78, 5) is 14.9. The third kappa shape index (κ3) is 1.79. The van der Waals surface area contributed by atoms with Crippen LogP contribution in [-0.4, -0.2) is 25.0 Å². The van der Waals surface area contributed by atoms with E-state index in [2.05, 4.69) is 38.2 Å². The van der Waals surface area contributed by atoms with Crippen LogP contribution < -0.4 is 10.2 Å². The van der Waals surface area contributed by atoms with Crippen molar-refractivity contribution in [2.24, 2.45) is 11.3 Å². The number of amides is 1. The zero-order valence-corrected chi connectivity index (χ0v) is 11.9. The fraction of sp³-hybridized carbons (Fsp3) is 0.562. The molecular formula is C16H22N2O. The molecule has 3 heteroatoms. The van der Waals surface area contributed by atoms with Crippen LogP contribution in [0.15, 0.2) is 24.3 Å². The van der Waals surface area contributed by atoms with Gasteiger partial charge < -0.3 is 10.2 Å². The van der Waals surface area contributed by atoms with Crippen molar-refractivity contribution in [1.82, 2.24) is 5.32 Å². The Balaban J connectivity index is 2.06. The van der Waals surface area contributed by atoms with Gasteiger partial charge in [0.05, 0.1) is 6.04 Å². The number of carbonyl (C=O) groups excluding carboxylic acids is 1. The van der Waals surface area contributed by atoms with Gasteiger partial charge in [0, 0.05) is 17.6 Å². The number of nitrogens with one attached hydrogen (secondary N) is 1. The van der Waals surface area contributed by atoms with E-state index in [4.69, 9.17) is 0 Å². The Hall–Kier alpha value is -1.35. The molecule has 102 valence electrons.